The summed E-state index contributed by atoms with van der Waals surface area (Å²) in [5, 5.41) is 6.06. The van der Waals surface area contributed by atoms with Gasteiger partial charge < -0.3 is 5.32 Å². The predicted octanol–water partition coefficient (Wildman–Crippen LogP) is 2.42. The minimum atomic E-state index is -0.289. The number of fused-ring (bicyclic) bond motifs is 2. The van der Waals surface area contributed by atoms with Crippen molar-refractivity contribution in [1.29, 1.82) is 0 Å². The summed E-state index contributed by atoms with van der Waals surface area (Å²) >= 11 is 0. The number of nitrogens with one attached hydrogen (secondary N) is 2. The zero-order chi connectivity index (χ0) is 18.3. The molecule has 0 radical (unpaired) electrons. The number of aromatic amines is 1. The Morgan fingerprint density at radius 2 is 2.19 bits per heavy atom. The molecule has 1 aliphatic rings. The van der Waals surface area contributed by atoms with Crippen molar-refractivity contribution < 1.29 is 4.79 Å². The van der Waals surface area contributed by atoms with E-state index in [2.05, 4.69) is 39.7 Å². The van der Waals surface area contributed by atoms with Crippen LogP contribution in [0.25, 0.3) is 11.0 Å². The monoisotopic (exact) mass is 350 g/mol. The smallest absolute Gasteiger partial charge is 0.274 e. The number of rotatable bonds is 3. The molecule has 6 heteroatoms. The van der Waals surface area contributed by atoms with E-state index in [1.54, 1.807) is 17.8 Å². The molecule has 0 saturated heterocycles. The standard InChI is InChI=1S/C20H22N4O2/c1-12-10-16(17-18(22-12)24(2)23-20(17)26)19(25)21-11-14-8-5-7-13-6-3-4-9-15(13)14/h3-4,6,9-10,14H,5,7-8,11H2,1-2H3,(H,21,25)(H,23,26). The zero-order valence-electron chi connectivity index (χ0n) is 15.0. The maximum Gasteiger partial charge on any atom is 0.274 e. The first-order chi connectivity index (χ1) is 12.5. The van der Waals surface area contributed by atoms with Crippen LogP contribution in [0, 0.1) is 6.92 Å². The van der Waals surface area contributed by atoms with Crippen molar-refractivity contribution in [2.45, 2.75) is 32.1 Å². The lowest BCUT2D eigenvalue weighted by Crippen LogP contribution is -2.30. The Hall–Kier alpha value is -2.89. The molecule has 2 heterocycles. The van der Waals surface area contributed by atoms with E-state index in [-0.39, 0.29) is 11.5 Å². The molecule has 0 saturated carbocycles. The molecule has 4 rings (SSSR count). The van der Waals surface area contributed by atoms with Gasteiger partial charge in [0.25, 0.3) is 11.5 Å². The van der Waals surface area contributed by atoms with E-state index in [0.29, 0.717) is 34.8 Å². The molecule has 2 aromatic heterocycles. The first-order valence-electron chi connectivity index (χ1n) is 8.97. The first-order valence-corrected chi connectivity index (χ1v) is 8.97. The zero-order valence-corrected chi connectivity index (χ0v) is 15.0. The third-order valence-corrected chi connectivity index (χ3v) is 5.19. The fourth-order valence-electron chi connectivity index (χ4n) is 3.94. The van der Waals surface area contributed by atoms with E-state index >= 15 is 0 Å². The Morgan fingerprint density at radius 3 is 3.04 bits per heavy atom. The summed E-state index contributed by atoms with van der Waals surface area (Å²) in [7, 11) is 1.72. The summed E-state index contributed by atoms with van der Waals surface area (Å²) in [4.78, 5) is 29.4. The van der Waals surface area contributed by atoms with Crippen LogP contribution in [-0.4, -0.2) is 27.2 Å². The molecule has 0 spiro atoms. The highest BCUT2D eigenvalue weighted by molar-refractivity contribution is 6.05. The molecule has 1 aliphatic carbocycles. The summed E-state index contributed by atoms with van der Waals surface area (Å²) < 4.78 is 1.55. The second kappa shape index (κ2) is 6.44. The molecule has 1 amide bonds. The quantitative estimate of drug-likeness (QED) is 0.761. The molecule has 0 fully saturated rings. The summed E-state index contributed by atoms with van der Waals surface area (Å²) in [5.74, 6) is 0.0941. The van der Waals surface area contributed by atoms with Crippen molar-refractivity contribution >= 4 is 16.9 Å². The van der Waals surface area contributed by atoms with E-state index < -0.39 is 0 Å². The van der Waals surface area contributed by atoms with Crippen LogP contribution < -0.4 is 10.9 Å². The van der Waals surface area contributed by atoms with Gasteiger partial charge in [-0.3, -0.25) is 19.4 Å². The summed E-state index contributed by atoms with van der Waals surface area (Å²) in [6.45, 7) is 2.40. The third kappa shape index (κ3) is 2.81. The third-order valence-electron chi connectivity index (χ3n) is 5.19. The number of pyridine rings is 1. The Bertz CT molecular complexity index is 1050. The van der Waals surface area contributed by atoms with Crippen LogP contribution >= 0.6 is 0 Å². The van der Waals surface area contributed by atoms with Gasteiger partial charge in [0.05, 0.1) is 10.9 Å². The number of hydrogen-bond donors (Lipinski definition) is 2. The highest BCUT2D eigenvalue weighted by Crippen LogP contribution is 2.30. The molecular weight excluding hydrogens is 328 g/mol. The Morgan fingerprint density at radius 1 is 1.38 bits per heavy atom. The highest BCUT2D eigenvalue weighted by atomic mass is 16.2. The lowest BCUT2D eigenvalue weighted by Gasteiger charge is -2.25. The molecule has 134 valence electrons. The SMILES string of the molecule is Cc1cc(C(=O)NCC2CCCc3ccccc32)c2c(=O)[nH]n(C)c2n1. The Kier molecular flexibility index (Phi) is 4.11. The Labute approximate surface area is 151 Å². The minimum absolute atomic E-state index is 0.222. The van der Waals surface area contributed by atoms with Crippen molar-refractivity contribution in [3.05, 3.63) is 63.1 Å². The summed E-state index contributed by atoms with van der Waals surface area (Å²) in [6.07, 6.45) is 3.30. The minimum Gasteiger partial charge on any atom is -0.351 e. The molecule has 0 bridgehead atoms. The van der Waals surface area contributed by atoms with Gasteiger partial charge >= 0.3 is 0 Å². The average Bonchev–Trinajstić information content (AvgIpc) is 2.92. The molecule has 2 N–H and O–H groups in total. The average molecular weight is 350 g/mol. The largest absolute Gasteiger partial charge is 0.351 e. The summed E-state index contributed by atoms with van der Waals surface area (Å²) in [6, 6.07) is 10.1. The van der Waals surface area contributed by atoms with E-state index in [1.165, 1.54) is 11.1 Å². The van der Waals surface area contributed by atoms with Crippen molar-refractivity contribution in [1.82, 2.24) is 20.1 Å². The molecule has 1 aromatic carbocycles. The maximum atomic E-state index is 12.8. The highest BCUT2D eigenvalue weighted by Gasteiger charge is 2.22. The van der Waals surface area contributed by atoms with Gasteiger partial charge in [0.1, 0.15) is 0 Å². The van der Waals surface area contributed by atoms with Crippen molar-refractivity contribution in [3.8, 4) is 0 Å². The number of carbonyl (C=O) groups is 1. The second-order valence-electron chi connectivity index (χ2n) is 7.01. The number of H-pyrrole nitrogens is 1. The van der Waals surface area contributed by atoms with Crippen molar-refractivity contribution in [2.75, 3.05) is 6.54 Å². The van der Waals surface area contributed by atoms with E-state index in [1.807, 2.05) is 6.92 Å². The number of aromatic nitrogens is 3. The van der Waals surface area contributed by atoms with Gasteiger partial charge in [-0.2, -0.15) is 0 Å². The van der Waals surface area contributed by atoms with Gasteiger partial charge in [0.15, 0.2) is 5.65 Å². The van der Waals surface area contributed by atoms with Gasteiger partial charge in [-0.25, -0.2) is 4.98 Å². The predicted molar refractivity (Wildman–Crippen MR) is 101 cm³/mol. The van der Waals surface area contributed by atoms with Crippen LogP contribution in [0.4, 0.5) is 0 Å². The van der Waals surface area contributed by atoms with Crippen LogP contribution in [0.3, 0.4) is 0 Å². The van der Waals surface area contributed by atoms with Crippen molar-refractivity contribution in [2.24, 2.45) is 7.05 Å². The number of carbonyl (C=O) groups excluding carboxylic acids is 1. The van der Waals surface area contributed by atoms with Gasteiger partial charge in [0, 0.05) is 25.2 Å². The lowest BCUT2D eigenvalue weighted by atomic mass is 9.83. The Balaban J connectivity index is 1.61. The van der Waals surface area contributed by atoms with Crippen molar-refractivity contribution in [3.63, 3.8) is 0 Å². The first kappa shape index (κ1) is 16.6. The van der Waals surface area contributed by atoms with E-state index in [0.717, 1.165) is 19.3 Å². The number of benzene rings is 1. The molecule has 0 aliphatic heterocycles. The van der Waals surface area contributed by atoms with Gasteiger partial charge in [-0.05, 0) is 43.4 Å². The molecule has 1 unspecified atom stereocenters. The van der Waals surface area contributed by atoms with Gasteiger partial charge in [-0.1, -0.05) is 24.3 Å². The molecule has 6 nitrogen and oxygen atoms in total. The van der Waals surface area contributed by atoms with E-state index in [4.69, 9.17) is 0 Å². The number of nitrogens with zero attached hydrogens (tertiary/aromatic N) is 2. The molecular formula is C20H22N4O2. The van der Waals surface area contributed by atoms with E-state index in [9.17, 15) is 9.59 Å². The van der Waals surface area contributed by atoms with Crippen LogP contribution in [-0.2, 0) is 13.5 Å². The maximum absolute atomic E-state index is 12.8. The normalized spacial score (nSPS) is 16.5. The molecule has 3 aromatic rings. The number of hydrogen-bond acceptors (Lipinski definition) is 3. The fourth-order valence-corrected chi connectivity index (χ4v) is 3.94. The van der Waals surface area contributed by atoms with Crippen LogP contribution in [0.1, 0.15) is 45.9 Å². The number of amides is 1. The van der Waals surface area contributed by atoms with Crippen LogP contribution in [0.5, 0.6) is 0 Å². The lowest BCUT2D eigenvalue weighted by molar-refractivity contribution is 0.0951. The summed E-state index contributed by atoms with van der Waals surface area (Å²) in [5.41, 5.74) is 4.01. The van der Waals surface area contributed by atoms with Gasteiger partial charge in [-0.15, -0.1) is 0 Å². The number of aryl methyl sites for hydroxylation is 3. The topological polar surface area (TPSA) is 79.8 Å². The van der Waals surface area contributed by atoms with Crippen LogP contribution in [0.2, 0.25) is 0 Å². The fraction of sp³-hybridized carbons (Fsp3) is 0.350. The molecule has 1 atom stereocenters. The second-order valence-corrected chi connectivity index (χ2v) is 7.01. The van der Waals surface area contributed by atoms with Gasteiger partial charge in [0.2, 0.25) is 0 Å². The molecule has 26 heavy (non-hydrogen) atoms. The van der Waals surface area contributed by atoms with Crippen LogP contribution in [0.15, 0.2) is 35.1 Å².